The molecular weight excluding hydrogens is 568 g/mol. The van der Waals surface area contributed by atoms with Gasteiger partial charge in [0.05, 0.1) is 30.4 Å². The lowest BCUT2D eigenvalue weighted by Crippen LogP contribution is -2.63. The lowest BCUT2D eigenvalue weighted by atomic mass is 9.72. The fraction of sp³-hybridized carbons (Fsp3) is 0.533. The van der Waals surface area contributed by atoms with Gasteiger partial charge in [0.25, 0.3) is 0 Å². The third-order valence-electron chi connectivity index (χ3n) is 8.32. The number of amides is 1. The number of esters is 1. The Morgan fingerprint density at radius 1 is 1.05 bits per heavy atom. The van der Waals surface area contributed by atoms with Crippen LogP contribution in [0, 0.1) is 5.92 Å². The average Bonchev–Trinajstić information content (AvgIpc) is 3.02. The third kappa shape index (κ3) is 7.98. The fourth-order valence-corrected chi connectivity index (χ4v) is 6.12. The highest BCUT2D eigenvalue weighted by Gasteiger charge is 2.52. The Morgan fingerprint density at radius 3 is 2.27 bits per heavy atom. The van der Waals surface area contributed by atoms with E-state index >= 15 is 0 Å². The van der Waals surface area contributed by atoms with Crippen molar-refractivity contribution >= 4 is 12.1 Å². The highest BCUT2D eigenvalue weighted by molar-refractivity contribution is 5.68. The van der Waals surface area contributed by atoms with Crippen molar-refractivity contribution in [3.63, 3.8) is 0 Å². The molecule has 1 heterocycles. The van der Waals surface area contributed by atoms with Gasteiger partial charge < -0.3 is 25.1 Å². The van der Waals surface area contributed by atoms with Crippen LogP contribution in [0.5, 0.6) is 0 Å². The van der Waals surface area contributed by atoms with Crippen LogP contribution in [0.3, 0.4) is 0 Å². The zero-order valence-electron chi connectivity index (χ0n) is 24.7. The summed E-state index contributed by atoms with van der Waals surface area (Å²) in [5.41, 5.74) is 26.7. The van der Waals surface area contributed by atoms with Gasteiger partial charge in [-0.3, -0.25) is 9.69 Å². The molecule has 4 rings (SSSR count). The third-order valence-corrected chi connectivity index (χ3v) is 8.32. The van der Waals surface area contributed by atoms with E-state index in [1.165, 1.54) is 6.92 Å². The van der Waals surface area contributed by atoms with Gasteiger partial charge in [0.1, 0.15) is 12.7 Å². The topological polar surface area (TPSA) is 209 Å². The molecule has 0 bridgehead atoms. The molecule has 2 aliphatic rings. The van der Waals surface area contributed by atoms with Crippen LogP contribution in [-0.4, -0.2) is 70.7 Å². The second kappa shape index (κ2) is 15.4. The van der Waals surface area contributed by atoms with Crippen molar-refractivity contribution < 1.29 is 28.9 Å². The van der Waals surface area contributed by atoms with Gasteiger partial charge in [-0.15, -0.1) is 0 Å². The van der Waals surface area contributed by atoms with Gasteiger partial charge in [0.2, 0.25) is 0 Å². The molecular formula is C30H38N8O6. The number of nitrogens with two attached hydrogens (primary N) is 1. The minimum absolute atomic E-state index is 0.0204. The Kier molecular flexibility index (Phi) is 11.4. The molecule has 1 amide bonds. The number of aliphatic hydroxyl groups is 1. The number of hydrogen-bond donors (Lipinski definition) is 2. The van der Waals surface area contributed by atoms with Crippen LogP contribution in [0.2, 0.25) is 0 Å². The number of azide groups is 2. The van der Waals surface area contributed by atoms with E-state index in [1.807, 2.05) is 67.6 Å². The standard InChI is InChI=1S/C30H38N8O6/c1-18(38(16-20-9-5-3-6-10-20)30(41)42-17-21-11-7-4-8-12-21)25-14-13-22(31)28(44-25)26-23(34-36-32)15-24(35-37-33)29(27(26)40)43-19(2)39/h3-12,18,22-29,40H,13-17,31H2,1-2H3/t18-,22-,23?,24?,25+,26?,27+,28+,29+/m1/s1. The van der Waals surface area contributed by atoms with Crippen LogP contribution in [0.4, 0.5) is 4.79 Å². The summed E-state index contributed by atoms with van der Waals surface area (Å²) < 4.78 is 17.7. The minimum Gasteiger partial charge on any atom is -0.459 e. The SMILES string of the molecule is CC(=O)O[C@H]1C(N=[N+]=[N-])CC(N=[N+]=[N-])C([C@H]2O[C@H]([C@@H](C)N(Cc3ccccc3)C(=O)OCc3ccccc3)CC[C@H]2N)[C@@H]1O. The van der Waals surface area contributed by atoms with E-state index in [9.17, 15) is 20.2 Å². The summed E-state index contributed by atoms with van der Waals surface area (Å²) in [5.74, 6) is -1.54. The second-order valence-corrected chi connectivity index (χ2v) is 11.2. The first-order valence-corrected chi connectivity index (χ1v) is 14.6. The molecule has 1 aliphatic heterocycles. The molecule has 2 fully saturated rings. The van der Waals surface area contributed by atoms with Gasteiger partial charge in [-0.25, -0.2) is 4.79 Å². The maximum atomic E-state index is 13.5. The summed E-state index contributed by atoms with van der Waals surface area (Å²) in [4.78, 5) is 32.8. The zero-order valence-corrected chi connectivity index (χ0v) is 24.7. The number of ether oxygens (including phenoxy) is 3. The molecule has 14 nitrogen and oxygen atoms in total. The van der Waals surface area contributed by atoms with Crippen molar-refractivity contribution in [1.29, 1.82) is 0 Å². The highest BCUT2D eigenvalue weighted by Crippen LogP contribution is 2.39. The van der Waals surface area contributed by atoms with Crippen molar-refractivity contribution in [1.82, 2.24) is 4.90 Å². The number of hydrogen-bond acceptors (Lipinski definition) is 9. The van der Waals surface area contributed by atoms with Crippen LogP contribution in [0.25, 0.3) is 20.9 Å². The quantitative estimate of drug-likeness (QED) is 0.167. The predicted octanol–water partition coefficient (Wildman–Crippen LogP) is 4.76. The first-order valence-electron chi connectivity index (χ1n) is 14.6. The summed E-state index contributed by atoms with van der Waals surface area (Å²) in [7, 11) is 0. The monoisotopic (exact) mass is 606 g/mol. The normalized spacial score (nSPS) is 28.8. The van der Waals surface area contributed by atoms with E-state index < -0.39 is 66.6 Å². The van der Waals surface area contributed by atoms with Crippen molar-refractivity contribution in [2.45, 2.75) is 94.8 Å². The Morgan fingerprint density at radius 2 is 1.66 bits per heavy atom. The number of carbonyl (C=O) groups excluding carboxylic acids is 2. The summed E-state index contributed by atoms with van der Waals surface area (Å²) in [5, 5.41) is 19.1. The van der Waals surface area contributed by atoms with Gasteiger partial charge >= 0.3 is 12.1 Å². The molecule has 9 atom stereocenters. The first kappa shape index (κ1) is 32.6. The van der Waals surface area contributed by atoms with Crippen LogP contribution >= 0.6 is 0 Å². The van der Waals surface area contributed by atoms with Gasteiger partial charge in [-0.05, 0) is 48.4 Å². The molecule has 0 spiro atoms. The zero-order chi connectivity index (χ0) is 31.6. The van der Waals surface area contributed by atoms with Gasteiger partial charge in [0, 0.05) is 41.3 Å². The van der Waals surface area contributed by atoms with Gasteiger partial charge in [-0.1, -0.05) is 70.9 Å². The molecule has 1 saturated carbocycles. The number of rotatable bonds is 10. The number of nitrogens with zero attached hydrogens (tertiary/aromatic N) is 7. The Labute approximate surface area is 255 Å². The summed E-state index contributed by atoms with van der Waals surface area (Å²) in [6.07, 6.45) is -3.43. The minimum atomic E-state index is -1.40. The largest absolute Gasteiger partial charge is 0.459 e. The van der Waals surface area contributed by atoms with E-state index in [-0.39, 0.29) is 19.6 Å². The van der Waals surface area contributed by atoms with Crippen LogP contribution in [0.1, 0.15) is 44.2 Å². The number of carbonyl (C=O) groups is 2. The summed E-state index contributed by atoms with van der Waals surface area (Å²) >= 11 is 0. The number of aliphatic hydroxyl groups excluding tert-OH is 1. The van der Waals surface area contributed by atoms with Gasteiger partial charge in [0.15, 0.2) is 0 Å². The van der Waals surface area contributed by atoms with Crippen LogP contribution in [0.15, 0.2) is 70.9 Å². The Balaban J connectivity index is 1.59. The van der Waals surface area contributed by atoms with E-state index in [0.717, 1.165) is 11.1 Å². The molecule has 44 heavy (non-hydrogen) atoms. The van der Waals surface area contributed by atoms with Crippen molar-refractivity contribution in [2.75, 3.05) is 0 Å². The van der Waals surface area contributed by atoms with E-state index in [0.29, 0.717) is 12.8 Å². The van der Waals surface area contributed by atoms with Crippen LogP contribution in [-0.2, 0) is 32.2 Å². The van der Waals surface area contributed by atoms with E-state index in [2.05, 4.69) is 20.1 Å². The predicted molar refractivity (Wildman–Crippen MR) is 159 cm³/mol. The average molecular weight is 607 g/mol. The maximum Gasteiger partial charge on any atom is 0.410 e. The first-order chi connectivity index (χ1) is 21.2. The summed E-state index contributed by atoms with van der Waals surface area (Å²) in [6, 6.07) is 16.0. The smallest absolute Gasteiger partial charge is 0.410 e. The number of benzene rings is 2. The van der Waals surface area contributed by atoms with E-state index in [4.69, 9.17) is 25.5 Å². The Hall–Kier alpha value is -4.32. The van der Waals surface area contributed by atoms with Crippen molar-refractivity contribution in [3.05, 3.63) is 92.7 Å². The molecule has 1 saturated heterocycles. The molecule has 3 N–H and O–H groups in total. The molecule has 2 aromatic rings. The van der Waals surface area contributed by atoms with Gasteiger partial charge in [-0.2, -0.15) is 0 Å². The molecule has 14 heteroatoms. The molecule has 0 radical (unpaired) electrons. The fourth-order valence-electron chi connectivity index (χ4n) is 6.12. The molecule has 0 aromatic heterocycles. The maximum absolute atomic E-state index is 13.5. The highest BCUT2D eigenvalue weighted by atomic mass is 16.6. The van der Waals surface area contributed by atoms with Crippen molar-refractivity contribution in [2.24, 2.45) is 21.9 Å². The summed E-state index contributed by atoms with van der Waals surface area (Å²) in [6.45, 7) is 3.42. The van der Waals surface area contributed by atoms with Crippen molar-refractivity contribution in [3.8, 4) is 0 Å². The molecule has 1 aliphatic carbocycles. The molecule has 3 unspecified atom stereocenters. The Bertz CT molecular complexity index is 1350. The molecule has 234 valence electrons. The lowest BCUT2D eigenvalue weighted by molar-refractivity contribution is -0.182. The second-order valence-electron chi connectivity index (χ2n) is 11.2. The molecule has 2 aromatic carbocycles. The van der Waals surface area contributed by atoms with E-state index in [1.54, 1.807) is 4.90 Å². The lowest BCUT2D eigenvalue weighted by Gasteiger charge is -2.49. The van der Waals surface area contributed by atoms with Crippen LogP contribution < -0.4 is 5.73 Å².